The van der Waals surface area contributed by atoms with E-state index >= 15 is 0 Å². The molecule has 0 radical (unpaired) electrons. The molecule has 1 aliphatic heterocycles. The number of nitrogens with zero attached hydrogens (tertiary/aromatic N) is 1. The van der Waals surface area contributed by atoms with Crippen LogP contribution in [0.1, 0.15) is 18.4 Å². The summed E-state index contributed by atoms with van der Waals surface area (Å²) >= 11 is 11.7. The molecule has 1 heterocycles. The van der Waals surface area contributed by atoms with Gasteiger partial charge in [-0.3, -0.25) is 9.59 Å². The molecule has 1 aromatic rings. The quantitative estimate of drug-likeness (QED) is 0.561. The Morgan fingerprint density at radius 3 is 2.50 bits per heavy atom. The average Bonchev–Trinajstić information content (AvgIpc) is 2.66. The van der Waals surface area contributed by atoms with Crippen LogP contribution in [-0.4, -0.2) is 49.6 Å². The van der Waals surface area contributed by atoms with Gasteiger partial charge in [0.15, 0.2) is 6.61 Å². The summed E-state index contributed by atoms with van der Waals surface area (Å²) in [6.07, 6.45) is 3.83. The highest BCUT2D eigenvalue weighted by molar-refractivity contribution is 6.42. The predicted molar refractivity (Wildman–Crippen MR) is 97.8 cm³/mol. The monoisotopic (exact) mass is 399 g/mol. The normalized spacial score (nSPS) is 15.1. The molecule has 0 atom stereocenters. The first-order valence-corrected chi connectivity index (χ1v) is 8.81. The molecular formula is C18H19Cl2NO5. The van der Waals surface area contributed by atoms with Crippen molar-refractivity contribution in [2.24, 2.45) is 5.92 Å². The summed E-state index contributed by atoms with van der Waals surface area (Å²) in [5.74, 6) is -1.35. The van der Waals surface area contributed by atoms with Crippen LogP contribution in [0.3, 0.4) is 0 Å². The lowest BCUT2D eigenvalue weighted by atomic mass is 9.97. The summed E-state index contributed by atoms with van der Waals surface area (Å²) in [5.41, 5.74) is 0.688. The first-order valence-electron chi connectivity index (χ1n) is 8.06. The van der Waals surface area contributed by atoms with E-state index in [-0.39, 0.29) is 24.4 Å². The summed E-state index contributed by atoms with van der Waals surface area (Å²) < 4.78 is 9.67. The van der Waals surface area contributed by atoms with E-state index in [4.69, 9.17) is 32.7 Å². The number of piperidine rings is 1. The maximum Gasteiger partial charge on any atom is 0.331 e. The molecule has 1 saturated heterocycles. The number of likely N-dealkylation sites (tertiary alicyclic amines) is 1. The molecule has 0 aromatic heterocycles. The summed E-state index contributed by atoms with van der Waals surface area (Å²) in [6, 6.07) is 4.94. The van der Waals surface area contributed by atoms with E-state index < -0.39 is 5.97 Å². The second kappa shape index (κ2) is 9.59. The Hall–Kier alpha value is -2.05. The molecule has 2 rings (SSSR count). The summed E-state index contributed by atoms with van der Waals surface area (Å²) in [5, 5.41) is 0.806. The number of rotatable bonds is 5. The molecule has 0 unspecified atom stereocenters. The van der Waals surface area contributed by atoms with Gasteiger partial charge in [0.05, 0.1) is 23.1 Å². The molecule has 0 N–H and O–H groups in total. The van der Waals surface area contributed by atoms with Crippen LogP contribution < -0.4 is 0 Å². The van der Waals surface area contributed by atoms with Gasteiger partial charge in [0, 0.05) is 19.2 Å². The van der Waals surface area contributed by atoms with Crippen LogP contribution in [0.25, 0.3) is 6.08 Å². The van der Waals surface area contributed by atoms with Crippen molar-refractivity contribution in [3.8, 4) is 0 Å². The largest absolute Gasteiger partial charge is 0.469 e. The van der Waals surface area contributed by atoms with Crippen LogP contribution in [0.4, 0.5) is 0 Å². The third-order valence-electron chi connectivity index (χ3n) is 4.08. The van der Waals surface area contributed by atoms with Gasteiger partial charge in [0.1, 0.15) is 0 Å². The molecule has 1 amide bonds. The van der Waals surface area contributed by atoms with Crippen LogP contribution in [0.15, 0.2) is 24.3 Å². The average molecular weight is 400 g/mol. The fourth-order valence-corrected chi connectivity index (χ4v) is 2.89. The molecular weight excluding hydrogens is 381 g/mol. The molecule has 6 nitrogen and oxygen atoms in total. The van der Waals surface area contributed by atoms with Crippen molar-refractivity contribution >= 4 is 47.1 Å². The van der Waals surface area contributed by atoms with Gasteiger partial charge in [-0.15, -0.1) is 0 Å². The second-order valence-corrected chi connectivity index (χ2v) is 6.61. The van der Waals surface area contributed by atoms with E-state index in [1.165, 1.54) is 19.3 Å². The highest BCUT2D eigenvalue weighted by atomic mass is 35.5. The smallest absolute Gasteiger partial charge is 0.331 e. The van der Waals surface area contributed by atoms with Gasteiger partial charge in [-0.2, -0.15) is 0 Å². The van der Waals surface area contributed by atoms with Crippen LogP contribution in [0.5, 0.6) is 0 Å². The van der Waals surface area contributed by atoms with E-state index in [1.54, 1.807) is 23.1 Å². The molecule has 0 spiro atoms. The lowest BCUT2D eigenvalue weighted by molar-refractivity contribution is -0.151. The van der Waals surface area contributed by atoms with Gasteiger partial charge >= 0.3 is 11.9 Å². The molecule has 0 bridgehead atoms. The minimum atomic E-state index is -0.631. The van der Waals surface area contributed by atoms with E-state index in [2.05, 4.69) is 0 Å². The maximum absolute atomic E-state index is 12.1. The Balaban J connectivity index is 1.76. The number of carbonyl (C=O) groups is 3. The van der Waals surface area contributed by atoms with Gasteiger partial charge in [-0.1, -0.05) is 29.3 Å². The molecule has 1 aromatic carbocycles. The number of benzene rings is 1. The lowest BCUT2D eigenvalue weighted by Gasteiger charge is -2.30. The molecule has 1 aliphatic rings. The van der Waals surface area contributed by atoms with E-state index in [1.807, 2.05) is 0 Å². The number of esters is 2. The molecule has 0 saturated carbocycles. The third-order valence-corrected chi connectivity index (χ3v) is 4.81. The topological polar surface area (TPSA) is 72.9 Å². The maximum atomic E-state index is 12.1. The molecule has 140 valence electrons. The van der Waals surface area contributed by atoms with Gasteiger partial charge in [0.2, 0.25) is 0 Å². The number of hydrogen-bond acceptors (Lipinski definition) is 5. The summed E-state index contributed by atoms with van der Waals surface area (Å²) in [7, 11) is 1.35. The van der Waals surface area contributed by atoms with Crippen LogP contribution in [0, 0.1) is 5.92 Å². The number of carbonyl (C=O) groups excluding carboxylic acids is 3. The third kappa shape index (κ3) is 5.75. The van der Waals surface area contributed by atoms with Crippen molar-refractivity contribution in [2.75, 3.05) is 26.8 Å². The Kier molecular flexibility index (Phi) is 7.48. The van der Waals surface area contributed by atoms with Gasteiger partial charge in [-0.05, 0) is 36.6 Å². The zero-order valence-electron chi connectivity index (χ0n) is 14.2. The van der Waals surface area contributed by atoms with Crippen molar-refractivity contribution in [3.05, 3.63) is 39.9 Å². The minimum absolute atomic E-state index is 0.180. The number of ether oxygens (including phenoxy) is 2. The van der Waals surface area contributed by atoms with E-state index in [0.29, 0.717) is 41.5 Å². The van der Waals surface area contributed by atoms with Crippen LogP contribution >= 0.6 is 23.2 Å². The second-order valence-electron chi connectivity index (χ2n) is 5.79. The Morgan fingerprint density at radius 2 is 1.88 bits per heavy atom. The fourth-order valence-electron chi connectivity index (χ4n) is 2.58. The summed E-state index contributed by atoms with van der Waals surface area (Å²) in [4.78, 5) is 36.9. The Morgan fingerprint density at radius 1 is 1.19 bits per heavy atom. The molecule has 26 heavy (non-hydrogen) atoms. The number of halogens is 2. The van der Waals surface area contributed by atoms with Gasteiger partial charge in [0.25, 0.3) is 5.91 Å². The number of methoxy groups -OCH3 is 1. The first-order chi connectivity index (χ1) is 12.4. The van der Waals surface area contributed by atoms with Gasteiger partial charge in [-0.25, -0.2) is 4.79 Å². The number of amides is 1. The highest BCUT2D eigenvalue weighted by Gasteiger charge is 2.28. The number of hydrogen-bond donors (Lipinski definition) is 0. The van der Waals surface area contributed by atoms with Crippen molar-refractivity contribution in [1.29, 1.82) is 0 Å². The zero-order chi connectivity index (χ0) is 19.1. The fraction of sp³-hybridized carbons (Fsp3) is 0.389. The van der Waals surface area contributed by atoms with Crippen molar-refractivity contribution in [1.82, 2.24) is 4.90 Å². The van der Waals surface area contributed by atoms with Crippen molar-refractivity contribution in [2.45, 2.75) is 12.8 Å². The SMILES string of the molecule is COC(=O)C1CCN(C(=O)COC(=O)/C=C/c2ccc(Cl)c(Cl)c2)CC1. The van der Waals surface area contributed by atoms with Crippen LogP contribution in [-0.2, 0) is 23.9 Å². The summed E-state index contributed by atoms with van der Waals surface area (Å²) in [6.45, 7) is 0.540. The minimum Gasteiger partial charge on any atom is -0.469 e. The predicted octanol–water partition coefficient (Wildman–Crippen LogP) is 2.96. The Labute approximate surface area is 161 Å². The highest BCUT2D eigenvalue weighted by Crippen LogP contribution is 2.23. The Bertz CT molecular complexity index is 712. The zero-order valence-corrected chi connectivity index (χ0v) is 15.8. The standard InChI is InChI=1S/C18H19Cl2NO5/c1-25-18(24)13-6-8-21(9-7-13)16(22)11-26-17(23)5-3-12-2-4-14(19)15(20)10-12/h2-5,10,13H,6-9,11H2,1H3/b5-3+. The molecule has 8 heteroatoms. The lowest BCUT2D eigenvalue weighted by Crippen LogP contribution is -2.42. The van der Waals surface area contributed by atoms with Crippen LogP contribution in [0.2, 0.25) is 10.0 Å². The molecule has 0 aliphatic carbocycles. The van der Waals surface area contributed by atoms with Gasteiger partial charge < -0.3 is 14.4 Å². The van der Waals surface area contributed by atoms with Crippen molar-refractivity contribution in [3.63, 3.8) is 0 Å². The van der Waals surface area contributed by atoms with E-state index in [0.717, 1.165) is 0 Å². The first kappa shape index (κ1) is 20.3. The van der Waals surface area contributed by atoms with E-state index in [9.17, 15) is 14.4 Å². The van der Waals surface area contributed by atoms with Crippen molar-refractivity contribution < 1.29 is 23.9 Å². The molecule has 1 fully saturated rings.